The number of amides is 2. The molecule has 0 aromatic heterocycles. The molecule has 6 heteroatoms. The summed E-state index contributed by atoms with van der Waals surface area (Å²) in [5, 5.41) is 6.41. The predicted octanol–water partition coefficient (Wildman–Crippen LogP) is 3.60. The van der Waals surface area contributed by atoms with Crippen molar-refractivity contribution in [1.29, 1.82) is 0 Å². The molecular weight excluding hydrogens is 448 g/mol. The van der Waals surface area contributed by atoms with E-state index in [1.807, 2.05) is 60.7 Å². The van der Waals surface area contributed by atoms with E-state index in [2.05, 4.69) is 15.5 Å². The van der Waals surface area contributed by atoms with Gasteiger partial charge in [-0.2, -0.15) is 0 Å². The average molecular weight is 491 g/mol. The number of nitrogens with zero attached hydrogens (tertiary/aromatic N) is 1. The SMILES string of the molecule is NC(=O)C(c1ccccc1)(c1ccccc1)[C@@H]1CCN(CCCCCNC(=O)CNC2CCCC2)C1. The average Bonchev–Trinajstić information content (AvgIpc) is 3.59. The van der Waals surface area contributed by atoms with Crippen LogP contribution in [0.15, 0.2) is 60.7 Å². The topological polar surface area (TPSA) is 87.5 Å². The van der Waals surface area contributed by atoms with Gasteiger partial charge in [-0.25, -0.2) is 0 Å². The van der Waals surface area contributed by atoms with Gasteiger partial charge in [0.15, 0.2) is 0 Å². The maximum atomic E-state index is 13.2. The Balaban J connectivity index is 1.25. The van der Waals surface area contributed by atoms with Crippen LogP contribution in [0.1, 0.15) is 62.5 Å². The third-order valence-corrected chi connectivity index (χ3v) is 8.11. The first-order valence-electron chi connectivity index (χ1n) is 13.7. The molecule has 2 aliphatic rings. The first-order chi connectivity index (χ1) is 17.6. The van der Waals surface area contributed by atoms with Crippen LogP contribution in [0.4, 0.5) is 0 Å². The molecule has 6 nitrogen and oxygen atoms in total. The molecule has 2 aromatic carbocycles. The minimum Gasteiger partial charge on any atom is -0.369 e. The molecule has 0 radical (unpaired) electrons. The Morgan fingerprint density at radius 1 is 0.889 bits per heavy atom. The van der Waals surface area contributed by atoms with Crippen LogP contribution < -0.4 is 16.4 Å². The standard InChI is InChI=1S/C30H42N4O2/c31-29(36)30(24-12-4-1-5-13-24,25-14-6-2-7-15-25)26-18-21-34(23-26)20-11-3-10-19-32-28(35)22-33-27-16-8-9-17-27/h1-2,4-7,12-15,26-27,33H,3,8-11,16-23H2,(H2,31,36)(H,32,35)/t26-/m1/s1. The van der Waals surface area contributed by atoms with Gasteiger partial charge in [-0.1, -0.05) is 79.9 Å². The summed E-state index contributed by atoms with van der Waals surface area (Å²) in [7, 11) is 0. The summed E-state index contributed by atoms with van der Waals surface area (Å²) in [5.41, 5.74) is 7.34. The molecule has 1 aliphatic carbocycles. The molecule has 194 valence electrons. The normalized spacial score (nSPS) is 18.9. The molecule has 0 spiro atoms. The maximum Gasteiger partial charge on any atom is 0.233 e. The lowest BCUT2D eigenvalue weighted by atomic mass is 9.64. The number of nitrogens with one attached hydrogen (secondary N) is 2. The summed E-state index contributed by atoms with van der Waals surface area (Å²) in [6, 6.07) is 20.6. The van der Waals surface area contributed by atoms with Crippen molar-refractivity contribution >= 4 is 11.8 Å². The molecule has 1 aliphatic heterocycles. The first-order valence-corrected chi connectivity index (χ1v) is 13.7. The first kappa shape index (κ1) is 26.4. The van der Waals surface area contributed by atoms with Gasteiger partial charge in [-0.15, -0.1) is 0 Å². The maximum absolute atomic E-state index is 13.2. The van der Waals surface area contributed by atoms with E-state index in [9.17, 15) is 9.59 Å². The van der Waals surface area contributed by atoms with Crippen molar-refractivity contribution in [3.8, 4) is 0 Å². The summed E-state index contributed by atoms with van der Waals surface area (Å²) in [6.45, 7) is 4.01. The third-order valence-electron chi connectivity index (χ3n) is 8.11. The molecule has 0 bridgehead atoms. The quantitative estimate of drug-likeness (QED) is 0.375. The van der Waals surface area contributed by atoms with E-state index in [4.69, 9.17) is 5.73 Å². The number of carbonyl (C=O) groups is 2. The minimum absolute atomic E-state index is 0.105. The van der Waals surface area contributed by atoms with Gasteiger partial charge < -0.3 is 21.3 Å². The zero-order valence-electron chi connectivity index (χ0n) is 21.5. The van der Waals surface area contributed by atoms with E-state index in [-0.39, 0.29) is 17.7 Å². The molecule has 4 rings (SSSR count). The molecule has 4 N–H and O–H groups in total. The number of primary amides is 1. The Bertz CT molecular complexity index is 920. The van der Waals surface area contributed by atoms with Crippen LogP contribution in [0.5, 0.6) is 0 Å². The van der Waals surface area contributed by atoms with E-state index in [0.29, 0.717) is 12.6 Å². The predicted molar refractivity (Wildman–Crippen MR) is 145 cm³/mol. The summed E-state index contributed by atoms with van der Waals surface area (Å²) in [6.07, 6.45) is 9.05. The lowest BCUT2D eigenvalue weighted by Crippen LogP contribution is -2.49. The van der Waals surface area contributed by atoms with Crippen molar-refractivity contribution < 1.29 is 9.59 Å². The molecule has 2 amide bonds. The zero-order chi connectivity index (χ0) is 25.2. The molecule has 1 saturated carbocycles. The molecule has 36 heavy (non-hydrogen) atoms. The molecular formula is C30H42N4O2. The highest BCUT2D eigenvalue weighted by Gasteiger charge is 2.49. The van der Waals surface area contributed by atoms with Crippen molar-refractivity contribution in [3.05, 3.63) is 71.8 Å². The summed E-state index contributed by atoms with van der Waals surface area (Å²) in [4.78, 5) is 27.7. The summed E-state index contributed by atoms with van der Waals surface area (Å²) in [5.74, 6) is -0.0368. The number of likely N-dealkylation sites (tertiary alicyclic amines) is 1. The van der Waals surface area contributed by atoms with Gasteiger partial charge >= 0.3 is 0 Å². The lowest BCUT2D eigenvalue weighted by Gasteiger charge is -2.37. The van der Waals surface area contributed by atoms with Crippen molar-refractivity contribution in [1.82, 2.24) is 15.5 Å². The van der Waals surface area contributed by atoms with Crippen LogP contribution in [0.3, 0.4) is 0 Å². The van der Waals surface area contributed by atoms with Crippen molar-refractivity contribution in [2.24, 2.45) is 11.7 Å². The largest absolute Gasteiger partial charge is 0.369 e. The molecule has 1 saturated heterocycles. The fraction of sp³-hybridized carbons (Fsp3) is 0.533. The van der Waals surface area contributed by atoms with E-state index < -0.39 is 5.41 Å². The number of carbonyl (C=O) groups excluding carboxylic acids is 2. The monoisotopic (exact) mass is 490 g/mol. The van der Waals surface area contributed by atoms with Crippen LogP contribution in [-0.4, -0.2) is 55.5 Å². The molecule has 2 fully saturated rings. The Labute approximate surface area is 216 Å². The third kappa shape index (κ3) is 6.34. The van der Waals surface area contributed by atoms with Crippen LogP contribution in [0, 0.1) is 5.92 Å². The number of hydrogen-bond acceptors (Lipinski definition) is 4. The minimum atomic E-state index is -0.825. The van der Waals surface area contributed by atoms with E-state index in [1.165, 1.54) is 25.7 Å². The van der Waals surface area contributed by atoms with Gasteiger partial charge in [0.1, 0.15) is 5.41 Å². The number of unbranched alkanes of at least 4 members (excludes halogenated alkanes) is 2. The summed E-state index contributed by atoms with van der Waals surface area (Å²) >= 11 is 0. The van der Waals surface area contributed by atoms with Crippen LogP contribution in [0.2, 0.25) is 0 Å². The Morgan fingerprint density at radius 3 is 2.14 bits per heavy atom. The molecule has 1 atom stereocenters. The number of rotatable bonds is 13. The van der Waals surface area contributed by atoms with Crippen LogP contribution >= 0.6 is 0 Å². The van der Waals surface area contributed by atoms with Gasteiger partial charge in [0.2, 0.25) is 11.8 Å². The van der Waals surface area contributed by atoms with Gasteiger partial charge in [-0.05, 0) is 62.2 Å². The second-order valence-electron chi connectivity index (χ2n) is 10.5. The Kier molecular flexibility index (Phi) is 9.54. The Morgan fingerprint density at radius 2 is 1.53 bits per heavy atom. The second kappa shape index (κ2) is 13.0. The van der Waals surface area contributed by atoms with Crippen molar-refractivity contribution in [2.45, 2.75) is 62.8 Å². The highest BCUT2D eigenvalue weighted by atomic mass is 16.2. The second-order valence-corrected chi connectivity index (χ2v) is 10.5. The summed E-state index contributed by atoms with van der Waals surface area (Å²) < 4.78 is 0. The fourth-order valence-electron chi connectivity index (χ4n) is 6.21. The highest BCUT2D eigenvalue weighted by molar-refractivity contribution is 5.91. The zero-order valence-corrected chi connectivity index (χ0v) is 21.5. The van der Waals surface area contributed by atoms with Gasteiger partial charge in [0.25, 0.3) is 0 Å². The number of nitrogens with two attached hydrogens (primary N) is 1. The van der Waals surface area contributed by atoms with Gasteiger partial charge in [0.05, 0.1) is 6.54 Å². The fourth-order valence-corrected chi connectivity index (χ4v) is 6.21. The molecule has 1 heterocycles. The highest BCUT2D eigenvalue weighted by Crippen LogP contribution is 2.43. The van der Waals surface area contributed by atoms with E-state index in [0.717, 1.165) is 63.0 Å². The van der Waals surface area contributed by atoms with Gasteiger partial charge in [-0.3, -0.25) is 9.59 Å². The smallest absolute Gasteiger partial charge is 0.233 e. The number of hydrogen-bond donors (Lipinski definition) is 3. The van der Waals surface area contributed by atoms with E-state index in [1.54, 1.807) is 0 Å². The van der Waals surface area contributed by atoms with Crippen molar-refractivity contribution in [3.63, 3.8) is 0 Å². The molecule has 2 aromatic rings. The number of benzene rings is 2. The van der Waals surface area contributed by atoms with Crippen LogP contribution in [0.25, 0.3) is 0 Å². The van der Waals surface area contributed by atoms with Gasteiger partial charge in [0, 0.05) is 19.1 Å². The lowest BCUT2D eigenvalue weighted by molar-refractivity contribution is -0.124. The Hall–Kier alpha value is -2.70. The molecule has 0 unspecified atom stereocenters. The van der Waals surface area contributed by atoms with Crippen molar-refractivity contribution in [2.75, 3.05) is 32.7 Å². The van der Waals surface area contributed by atoms with E-state index >= 15 is 0 Å². The van der Waals surface area contributed by atoms with Crippen LogP contribution in [-0.2, 0) is 15.0 Å².